The lowest BCUT2D eigenvalue weighted by molar-refractivity contribution is -0.121. The molecule has 0 spiro atoms. The average Bonchev–Trinajstić information content (AvgIpc) is 2.97. The number of benzene rings is 2. The molecule has 1 heterocycles. The summed E-state index contributed by atoms with van der Waals surface area (Å²) in [5.41, 5.74) is 1.17. The van der Waals surface area contributed by atoms with Gasteiger partial charge in [0.05, 0.1) is 21.5 Å². The van der Waals surface area contributed by atoms with E-state index in [-0.39, 0.29) is 5.91 Å². The molecule has 0 aliphatic carbocycles. The number of esters is 1. The second kappa shape index (κ2) is 9.56. The number of likely N-dealkylation sites (N-methyl/N-ethyl adjacent to an activating group) is 1. The fourth-order valence-corrected chi connectivity index (χ4v) is 4.61. The Bertz CT molecular complexity index is 992. The van der Waals surface area contributed by atoms with Gasteiger partial charge in [0.25, 0.3) is 5.91 Å². The Morgan fingerprint density at radius 2 is 1.97 bits per heavy atom. The molecular weight excluding hydrogens is 474 g/mol. The SMILES string of the molecule is CCOc1cc(C=C2SC(=S)N(CC)C2=O)cc(Br)c1OC(=O)c1ccccc1. The van der Waals surface area contributed by atoms with Gasteiger partial charge in [0, 0.05) is 6.54 Å². The van der Waals surface area contributed by atoms with Gasteiger partial charge in [0.1, 0.15) is 4.32 Å². The number of thiocarbonyl (C=S) groups is 1. The van der Waals surface area contributed by atoms with Gasteiger partial charge in [-0.1, -0.05) is 42.2 Å². The molecule has 5 nitrogen and oxygen atoms in total. The van der Waals surface area contributed by atoms with Gasteiger partial charge in [-0.05, 0) is 65.7 Å². The maximum Gasteiger partial charge on any atom is 0.343 e. The molecule has 0 bridgehead atoms. The molecule has 1 aliphatic rings. The lowest BCUT2D eigenvalue weighted by Gasteiger charge is -2.14. The van der Waals surface area contributed by atoms with Crippen molar-refractivity contribution in [2.75, 3.05) is 13.2 Å². The van der Waals surface area contributed by atoms with Crippen molar-refractivity contribution < 1.29 is 19.1 Å². The third kappa shape index (κ3) is 4.88. The molecule has 0 unspecified atom stereocenters. The van der Waals surface area contributed by atoms with Crippen LogP contribution in [0, 0.1) is 0 Å². The van der Waals surface area contributed by atoms with E-state index in [9.17, 15) is 9.59 Å². The van der Waals surface area contributed by atoms with Gasteiger partial charge in [-0.15, -0.1) is 0 Å². The van der Waals surface area contributed by atoms with E-state index in [1.54, 1.807) is 47.4 Å². The standard InChI is InChI=1S/C21H18BrNO4S2/c1-3-23-19(24)17(29-21(23)28)12-13-10-15(22)18(16(11-13)26-4-2)27-20(25)14-8-6-5-7-9-14/h5-12H,3-4H2,1-2H3. The first-order valence-corrected chi connectivity index (χ1v) is 10.9. The van der Waals surface area contributed by atoms with Gasteiger partial charge in [-0.2, -0.15) is 0 Å². The molecule has 1 saturated heterocycles. The van der Waals surface area contributed by atoms with Crippen LogP contribution in [0.15, 0.2) is 51.8 Å². The van der Waals surface area contributed by atoms with Gasteiger partial charge in [0.15, 0.2) is 11.5 Å². The van der Waals surface area contributed by atoms with Crippen molar-refractivity contribution in [3.05, 3.63) is 63.0 Å². The minimum absolute atomic E-state index is 0.115. The topological polar surface area (TPSA) is 55.8 Å². The summed E-state index contributed by atoms with van der Waals surface area (Å²) in [7, 11) is 0. The highest BCUT2D eigenvalue weighted by Gasteiger charge is 2.30. The van der Waals surface area contributed by atoms with Crippen molar-refractivity contribution in [2.45, 2.75) is 13.8 Å². The van der Waals surface area contributed by atoms with E-state index >= 15 is 0 Å². The van der Waals surface area contributed by atoms with E-state index in [1.165, 1.54) is 11.8 Å². The zero-order valence-electron chi connectivity index (χ0n) is 15.8. The summed E-state index contributed by atoms with van der Waals surface area (Å²) in [5, 5.41) is 0. The molecule has 1 fully saturated rings. The quantitative estimate of drug-likeness (QED) is 0.237. The number of halogens is 1. The molecule has 0 aromatic heterocycles. The van der Waals surface area contributed by atoms with Crippen LogP contribution < -0.4 is 9.47 Å². The van der Waals surface area contributed by atoms with Crippen LogP contribution in [0.3, 0.4) is 0 Å². The Morgan fingerprint density at radius 1 is 1.24 bits per heavy atom. The first-order chi connectivity index (χ1) is 13.9. The smallest absolute Gasteiger partial charge is 0.343 e. The van der Waals surface area contributed by atoms with Gasteiger partial charge >= 0.3 is 5.97 Å². The fourth-order valence-electron chi connectivity index (χ4n) is 2.68. The van der Waals surface area contributed by atoms with Crippen LogP contribution in [0.2, 0.25) is 0 Å². The Balaban J connectivity index is 1.93. The summed E-state index contributed by atoms with van der Waals surface area (Å²) in [6, 6.07) is 12.2. The third-order valence-electron chi connectivity index (χ3n) is 4.02. The molecule has 0 saturated carbocycles. The highest BCUT2D eigenvalue weighted by Crippen LogP contribution is 2.39. The Kier molecular flexibility index (Phi) is 7.10. The lowest BCUT2D eigenvalue weighted by Crippen LogP contribution is -2.27. The molecule has 29 heavy (non-hydrogen) atoms. The number of thioether (sulfide) groups is 1. The Labute approximate surface area is 187 Å². The number of ether oxygens (including phenoxy) is 2. The van der Waals surface area contributed by atoms with E-state index < -0.39 is 5.97 Å². The summed E-state index contributed by atoms with van der Waals surface area (Å²) < 4.78 is 12.4. The van der Waals surface area contributed by atoms with E-state index in [4.69, 9.17) is 21.7 Å². The molecule has 150 valence electrons. The minimum Gasteiger partial charge on any atom is -0.490 e. The fraction of sp³-hybridized carbons (Fsp3) is 0.190. The van der Waals surface area contributed by atoms with Crippen molar-refractivity contribution in [1.82, 2.24) is 4.90 Å². The van der Waals surface area contributed by atoms with E-state index in [0.29, 0.717) is 43.9 Å². The van der Waals surface area contributed by atoms with Crippen LogP contribution in [0.25, 0.3) is 6.08 Å². The normalized spacial score (nSPS) is 15.1. The summed E-state index contributed by atoms with van der Waals surface area (Å²) in [5.74, 6) is 0.0994. The van der Waals surface area contributed by atoms with Gasteiger partial charge in [-0.3, -0.25) is 9.69 Å². The largest absolute Gasteiger partial charge is 0.490 e. The van der Waals surface area contributed by atoms with Crippen LogP contribution in [0.4, 0.5) is 0 Å². The third-order valence-corrected chi connectivity index (χ3v) is 5.99. The van der Waals surface area contributed by atoms with Crippen molar-refractivity contribution in [3.63, 3.8) is 0 Å². The molecule has 1 aliphatic heterocycles. The van der Waals surface area contributed by atoms with Crippen molar-refractivity contribution in [2.24, 2.45) is 0 Å². The first kappa shape index (κ1) is 21.5. The van der Waals surface area contributed by atoms with Gasteiger partial charge < -0.3 is 9.47 Å². The number of nitrogens with zero attached hydrogens (tertiary/aromatic N) is 1. The van der Waals surface area contributed by atoms with Crippen LogP contribution >= 0.6 is 39.9 Å². The molecule has 0 radical (unpaired) electrons. The maximum absolute atomic E-state index is 12.5. The monoisotopic (exact) mass is 491 g/mol. The number of rotatable bonds is 6. The van der Waals surface area contributed by atoms with E-state index in [1.807, 2.05) is 19.9 Å². The average molecular weight is 492 g/mol. The molecule has 0 N–H and O–H groups in total. The summed E-state index contributed by atoms with van der Waals surface area (Å²) in [4.78, 5) is 27.0. The van der Waals surface area contributed by atoms with E-state index in [0.717, 1.165) is 5.56 Å². The van der Waals surface area contributed by atoms with Crippen LogP contribution in [-0.4, -0.2) is 34.2 Å². The zero-order valence-corrected chi connectivity index (χ0v) is 19.0. The predicted octanol–water partition coefficient (Wildman–Crippen LogP) is 5.29. The second-order valence-electron chi connectivity index (χ2n) is 5.94. The van der Waals surface area contributed by atoms with Gasteiger partial charge in [-0.25, -0.2) is 4.79 Å². The van der Waals surface area contributed by atoms with Crippen molar-refractivity contribution in [1.29, 1.82) is 0 Å². The highest BCUT2D eigenvalue weighted by molar-refractivity contribution is 9.10. The molecule has 8 heteroatoms. The Morgan fingerprint density at radius 3 is 2.59 bits per heavy atom. The van der Waals surface area contributed by atoms with Gasteiger partial charge in [0.2, 0.25) is 0 Å². The van der Waals surface area contributed by atoms with Crippen molar-refractivity contribution >= 4 is 62.2 Å². The molecule has 3 rings (SSSR count). The number of hydrogen-bond acceptors (Lipinski definition) is 6. The Hall–Kier alpha value is -2.16. The molecule has 2 aromatic carbocycles. The molecule has 1 amide bonds. The zero-order chi connectivity index (χ0) is 21.0. The molecule has 2 aromatic rings. The van der Waals surface area contributed by atoms with Crippen molar-refractivity contribution in [3.8, 4) is 11.5 Å². The maximum atomic E-state index is 12.5. The first-order valence-electron chi connectivity index (χ1n) is 8.93. The molecular formula is C21H18BrNO4S2. The summed E-state index contributed by atoms with van der Waals surface area (Å²) in [6.07, 6.45) is 1.75. The predicted molar refractivity (Wildman–Crippen MR) is 122 cm³/mol. The van der Waals surface area contributed by atoms with Crippen LogP contribution in [0.5, 0.6) is 11.5 Å². The number of amides is 1. The number of carbonyl (C=O) groups excluding carboxylic acids is 2. The highest BCUT2D eigenvalue weighted by atomic mass is 79.9. The number of hydrogen-bond donors (Lipinski definition) is 0. The minimum atomic E-state index is -0.483. The van der Waals surface area contributed by atoms with E-state index in [2.05, 4.69) is 15.9 Å². The molecule has 0 atom stereocenters. The number of carbonyl (C=O) groups is 2. The summed E-state index contributed by atoms with van der Waals surface area (Å²) >= 11 is 9.98. The van der Waals surface area contributed by atoms with Crippen LogP contribution in [-0.2, 0) is 4.79 Å². The summed E-state index contributed by atoms with van der Waals surface area (Å²) in [6.45, 7) is 4.65. The second-order valence-corrected chi connectivity index (χ2v) is 8.47. The van der Waals surface area contributed by atoms with Crippen LogP contribution in [0.1, 0.15) is 29.8 Å². The lowest BCUT2D eigenvalue weighted by atomic mass is 10.1.